The molecule has 0 N–H and O–H groups in total. The van der Waals surface area contributed by atoms with Crippen molar-refractivity contribution in [1.82, 2.24) is 4.90 Å². The maximum Gasteiger partial charge on any atom is 0.264 e. The molecule has 82 valence electrons. The van der Waals surface area contributed by atoms with Gasteiger partial charge in [0.1, 0.15) is 0 Å². The minimum atomic E-state index is 0.107. The van der Waals surface area contributed by atoms with Crippen LogP contribution in [-0.4, -0.2) is 29.3 Å². The van der Waals surface area contributed by atoms with Crippen LogP contribution in [0.5, 0.6) is 0 Å². The van der Waals surface area contributed by atoms with Crippen molar-refractivity contribution in [3.05, 3.63) is 20.8 Å². The Morgan fingerprint density at radius 3 is 3.00 bits per heavy atom. The van der Waals surface area contributed by atoms with Crippen molar-refractivity contribution in [3.63, 3.8) is 0 Å². The molecule has 2 heterocycles. The molecule has 1 aromatic rings. The van der Waals surface area contributed by atoms with Crippen molar-refractivity contribution in [2.75, 3.05) is 13.1 Å². The lowest BCUT2D eigenvalue weighted by molar-refractivity contribution is 0.0732. The SMILES string of the molecule is O=C(c1ccc(Br)s1)N1CCCC(Cl)C1. The van der Waals surface area contributed by atoms with Crippen LogP contribution in [0, 0.1) is 0 Å². The largest absolute Gasteiger partial charge is 0.336 e. The predicted octanol–water partition coefficient (Wildman–Crippen LogP) is 3.35. The number of carbonyl (C=O) groups excluding carboxylic acids is 1. The maximum atomic E-state index is 12.0. The molecule has 0 aromatic carbocycles. The highest BCUT2D eigenvalue weighted by Crippen LogP contribution is 2.25. The van der Waals surface area contributed by atoms with Crippen molar-refractivity contribution in [1.29, 1.82) is 0 Å². The van der Waals surface area contributed by atoms with E-state index in [1.807, 2.05) is 17.0 Å². The van der Waals surface area contributed by atoms with Crippen LogP contribution in [0.25, 0.3) is 0 Å². The van der Waals surface area contributed by atoms with E-state index in [0.717, 1.165) is 28.0 Å². The molecule has 2 nitrogen and oxygen atoms in total. The van der Waals surface area contributed by atoms with Crippen LogP contribution in [0.2, 0.25) is 0 Å². The summed E-state index contributed by atoms with van der Waals surface area (Å²) in [5.74, 6) is 0.107. The summed E-state index contributed by atoms with van der Waals surface area (Å²) in [4.78, 5) is 14.6. The van der Waals surface area contributed by atoms with Crippen LogP contribution >= 0.6 is 38.9 Å². The second-order valence-electron chi connectivity index (χ2n) is 3.59. The van der Waals surface area contributed by atoms with Crippen LogP contribution in [0.1, 0.15) is 22.5 Å². The number of piperidine rings is 1. The highest BCUT2D eigenvalue weighted by Gasteiger charge is 2.23. The minimum Gasteiger partial charge on any atom is -0.336 e. The zero-order chi connectivity index (χ0) is 10.8. The molecule has 1 atom stereocenters. The van der Waals surface area contributed by atoms with E-state index < -0.39 is 0 Å². The average Bonchev–Trinajstić information content (AvgIpc) is 2.64. The lowest BCUT2D eigenvalue weighted by Crippen LogP contribution is -2.40. The number of carbonyl (C=O) groups is 1. The van der Waals surface area contributed by atoms with Crippen LogP contribution in [-0.2, 0) is 0 Å². The van der Waals surface area contributed by atoms with Crippen molar-refractivity contribution in [2.24, 2.45) is 0 Å². The summed E-state index contributed by atoms with van der Waals surface area (Å²) >= 11 is 10.9. The summed E-state index contributed by atoms with van der Waals surface area (Å²) in [5.41, 5.74) is 0. The fraction of sp³-hybridized carbons (Fsp3) is 0.500. The maximum absolute atomic E-state index is 12.0. The van der Waals surface area contributed by atoms with E-state index in [4.69, 9.17) is 11.6 Å². The Kier molecular flexibility index (Phi) is 3.69. The first-order valence-electron chi connectivity index (χ1n) is 4.85. The standard InChI is InChI=1S/C10H11BrClNOS/c11-9-4-3-8(15-9)10(14)13-5-1-2-7(12)6-13/h3-4,7H,1-2,5-6H2. The summed E-state index contributed by atoms with van der Waals surface area (Å²) < 4.78 is 0.991. The molecular weight excluding hydrogens is 298 g/mol. The summed E-state index contributed by atoms with van der Waals surface area (Å²) in [6.07, 6.45) is 2.02. The van der Waals surface area contributed by atoms with Crippen LogP contribution in [0.4, 0.5) is 0 Å². The summed E-state index contributed by atoms with van der Waals surface area (Å²) in [7, 11) is 0. The van der Waals surface area contributed by atoms with E-state index in [-0.39, 0.29) is 11.3 Å². The molecule has 0 bridgehead atoms. The number of alkyl halides is 1. The number of thiophene rings is 1. The van der Waals surface area contributed by atoms with Crippen LogP contribution in [0.15, 0.2) is 15.9 Å². The van der Waals surface area contributed by atoms with Gasteiger partial charge in [-0.1, -0.05) is 0 Å². The van der Waals surface area contributed by atoms with E-state index in [1.54, 1.807) is 0 Å². The summed E-state index contributed by atoms with van der Waals surface area (Å²) in [6.45, 7) is 1.51. The molecule has 1 amide bonds. The molecule has 5 heteroatoms. The van der Waals surface area contributed by atoms with Gasteiger partial charge in [0, 0.05) is 13.1 Å². The third kappa shape index (κ3) is 2.74. The Morgan fingerprint density at radius 1 is 1.60 bits per heavy atom. The smallest absolute Gasteiger partial charge is 0.264 e. The second kappa shape index (κ2) is 4.85. The molecule has 0 radical (unpaired) electrons. The molecule has 0 saturated carbocycles. The number of hydrogen-bond donors (Lipinski definition) is 0. The summed E-state index contributed by atoms with van der Waals surface area (Å²) in [6, 6.07) is 3.76. The Hall–Kier alpha value is -0.0600. The third-order valence-electron chi connectivity index (χ3n) is 2.44. The molecule has 2 rings (SSSR count). The fourth-order valence-electron chi connectivity index (χ4n) is 1.69. The van der Waals surface area contributed by atoms with Gasteiger partial charge in [-0.2, -0.15) is 0 Å². The molecule has 0 spiro atoms. The number of halogens is 2. The highest BCUT2D eigenvalue weighted by molar-refractivity contribution is 9.11. The Labute approximate surface area is 106 Å². The quantitative estimate of drug-likeness (QED) is 0.729. The first-order chi connectivity index (χ1) is 7.16. The Morgan fingerprint density at radius 2 is 2.40 bits per heavy atom. The molecular formula is C10H11BrClNOS. The van der Waals surface area contributed by atoms with Gasteiger partial charge < -0.3 is 4.90 Å². The van der Waals surface area contributed by atoms with E-state index in [1.165, 1.54) is 11.3 Å². The number of hydrogen-bond acceptors (Lipinski definition) is 2. The van der Waals surface area contributed by atoms with Crippen molar-refractivity contribution in [3.8, 4) is 0 Å². The third-order valence-corrected chi connectivity index (χ3v) is 4.40. The van der Waals surface area contributed by atoms with Crippen molar-refractivity contribution < 1.29 is 4.79 Å². The zero-order valence-electron chi connectivity index (χ0n) is 8.08. The topological polar surface area (TPSA) is 20.3 Å². The number of nitrogens with zero attached hydrogens (tertiary/aromatic N) is 1. The zero-order valence-corrected chi connectivity index (χ0v) is 11.2. The fourth-order valence-corrected chi connectivity index (χ4v) is 3.37. The Balaban J connectivity index is 2.07. The molecule has 0 aliphatic carbocycles. The van der Waals surface area contributed by atoms with Gasteiger partial charge in [-0.15, -0.1) is 22.9 Å². The van der Waals surface area contributed by atoms with E-state index in [9.17, 15) is 4.79 Å². The van der Waals surface area contributed by atoms with E-state index in [0.29, 0.717) is 6.54 Å². The van der Waals surface area contributed by atoms with Gasteiger partial charge in [-0.3, -0.25) is 4.79 Å². The van der Waals surface area contributed by atoms with Crippen molar-refractivity contribution >= 4 is 44.8 Å². The number of amides is 1. The monoisotopic (exact) mass is 307 g/mol. The van der Waals surface area contributed by atoms with E-state index >= 15 is 0 Å². The number of likely N-dealkylation sites (tertiary alicyclic amines) is 1. The van der Waals surface area contributed by atoms with Gasteiger partial charge >= 0.3 is 0 Å². The molecule has 1 aliphatic heterocycles. The van der Waals surface area contributed by atoms with Gasteiger partial charge in [0.15, 0.2) is 0 Å². The average molecular weight is 309 g/mol. The second-order valence-corrected chi connectivity index (χ2v) is 6.67. The highest BCUT2D eigenvalue weighted by atomic mass is 79.9. The molecule has 1 aliphatic rings. The van der Waals surface area contributed by atoms with Gasteiger partial charge in [0.05, 0.1) is 14.0 Å². The van der Waals surface area contributed by atoms with E-state index in [2.05, 4.69) is 15.9 Å². The molecule has 1 unspecified atom stereocenters. The first-order valence-corrected chi connectivity index (χ1v) is 6.90. The minimum absolute atomic E-state index is 0.107. The Bertz CT molecular complexity index is 368. The lowest BCUT2D eigenvalue weighted by atomic mass is 10.1. The molecule has 1 aromatic heterocycles. The predicted molar refractivity (Wildman–Crippen MR) is 66.8 cm³/mol. The van der Waals surface area contributed by atoms with Gasteiger partial charge in [-0.05, 0) is 40.9 Å². The van der Waals surface area contributed by atoms with Gasteiger partial charge in [0.25, 0.3) is 5.91 Å². The van der Waals surface area contributed by atoms with Gasteiger partial charge in [0.2, 0.25) is 0 Å². The molecule has 15 heavy (non-hydrogen) atoms. The van der Waals surface area contributed by atoms with Crippen LogP contribution in [0.3, 0.4) is 0 Å². The van der Waals surface area contributed by atoms with Crippen LogP contribution < -0.4 is 0 Å². The van der Waals surface area contributed by atoms with Crippen molar-refractivity contribution in [2.45, 2.75) is 18.2 Å². The normalized spacial score (nSPS) is 21.7. The lowest BCUT2D eigenvalue weighted by Gasteiger charge is -2.29. The summed E-state index contributed by atoms with van der Waals surface area (Å²) in [5, 5.41) is 0.117. The first kappa shape index (κ1) is 11.4. The number of rotatable bonds is 1. The van der Waals surface area contributed by atoms with Gasteiger partial charge in [-0.25, -0.2) is 0 Å². The molecule has 1 fully saturated rings. The molecule has 1 saturated heterocycles.